The van der Waals surface area contributed by atoms with Crippen molar-refractivity contribution in [2.45, 2.75) is 39.7 Å². The number of rotatable bonds is 11. The van der Waals surface area contributed by atoms with Gasteiger partial charge in [0.25, 0.3) is 5.91 Å². The molecule has 2 aromatic carbocycles. The van der Waals surface area contributed by atoms with Crippen molar-refractivity contribution in [2.24, 2.45) is 0 Å². The number of amides is 1. The molecule has 0 aliphatic rings. The molecule has 31 heavy (non-hydrogen) atoms. The summed E-state index contributed by atoms with van der Waals surface area (Å²) < 4.78 is 17.5. The minimum Gasteiger partial charge on any atom is -0.493 e. The van der Waals surface area contributed by atoms with Gasteiger partial charge in [-0.1, -0.05) is 26.3 Å². The molecular formula is C23H29BrN2O4S. The van der Waals surface area contributed by atoms with Crippen molar-refractivity contribution in [3.8, 4) is 17.2 Å². The van der Waals surface area contributed by atoms with E-state index in [4.69, 9.17) is 26.4 Å². The lowest BCUT2D eigenvalue weighted by Crippen LogP contribution is -2.38. The standard InChI is InChI=1S/C23H29BrN2O4S/c1-4-6-12-30-20-9-7-16(13-21(20)28-3)15-25-23(31)26-22(27)17-8-10-19(18(24)14-17)29-11-5-2/h7-10,13-14H,4-6,11-12,15H2,1-3H3,(H2,25,26,27,31). The van der Waals surface area contributed by atoms with Crippen LogP contribution in [0.4, 0.5) is 0 Å². The minimum atomic E-state index is -0.294. The summed E-state index contributed by atoms with van der Waals surface area (Å²) in [6.45, 7) is 5.87. The van der Waals surface area contributed by atoms with Crippen LogP contribution in [0.25, 0.3) is 0 Å². The van der Waals surface area contributed by atoms with Gasteiger partial charge in [-0.05, 0) is 76.9 Å². The molecule has 2 aromatic rings. The van der Waals surface area contributed by atoms with Crippen LogP contribution in [0.5, 0.6) is 17.2 Å². The number of thiocarbonyl (C=S) groups is 1. The Balaban J connectivity index is 1.89. The van der Waals surface area contributed by atoms with Crippen molar-refractivity contribution in [3.63, 3.8) is 0 Å². The molecular weight excluding hydrogens is 480 g/mol. The first kappa shape index (κ1) is 24.9. The Morgan fingerprint density at radius 1 is 1.00 bits per heavy atom. The predicted octanol–water partition coefficient (Wildman–Crippen LogP) is 5.23. The van der Waals surface area contributed by atoms with Crippen LogP contribution in [0, 0.1) is 0 Å². The first-order chi connectivity index (χ1) is 15.0. The Hall–Kier alpha value is -2.32. The molecule has 1 amide bonds. The fourth-order valence-electron chi connectivity index (χ4n) is 2.64. The Morgan fingerprint density at radius 2 is 1.74 bits per heavy atom. The molecule has 0 heterocycles. The van der Waals surface area contributed by atoms with Gasteiger partial charge in [0.2, 0.25) is 0 Å². The highest BCUT2D eigenvalue weighted by atomic mass is 79.9. The fourth-order valence-corrected chi connectivity index (χ4v) is 3.30. The number of unbranched alkanes of at least 4 members (excludes halogenated alkanes) is 1. The van der Waals surface area contributed by atoms with Gasteiger partial charge in [0, 0.05) is 12.1 Å². The average Bonchev–Trinajstić information content (AvgIpc) is 2.77. The molecule has 0 saturated heterocycles. The third-order valence-corrected chi connectivity index (χ3v) is 5.19. The number of benzene rings is 2. The first-order valence-corrected chi connectivity index (χ1v) is 11.5. The quantitative estimate of drug-likeness (QED) is 0.320. The Bertz CT molecular complexity index is 892. The highest BCUT2D eigenvalue weighted by molar-refractivity contribution is 9.10. The van der Waals surface area contributed by atoms with E-state index in [1.807, 2.05) is 25.1 Å². The second-order valence-electron chi connectivity index (χ2n) is 6.82. The zero-order valence-corrected chi connectivity index (χ0v) is 20.5. The maximum atomic E-state index is 12.5. The molecule has 0 unspecified atom stereocenters. The summed E-state index contributed by atoms with van der Waals surface area (Å²) >= 11 is 8.70. The van der Waals surface area contributed by atoms with Gasteiger partial charge in [-0.15, -0.1) is 0 Å². The van der Waals surface area contributed by atoms with E-state index in [0.717, 1.165) is 29.3 Å². The highest BCUT2D eigenvalue weighted by Crippen LogP contribution is 2.28. The summed E-state index contributed by atoms with van der Waals surface area (Å²) in [5.41, 5.74) is 1.44. The molecule has 2 rings (SSSR count). The van der Waals surface area contributed by atoms with E-state index in [0.29, 0.717) is 42.6 Å². The van der Waals surface area contributed by atoms with Crippen LogP contribution in [-0.2, 0) is 6.54 Å². The normalized spacial score (nSPS) is 10.3. The van der Waals surface area contributed by atoms with Crippen LogP contribution >= 0.6 is 28.1 Å². The summed E-state index contributed by atoms with van der Waals surface area (Å²) in [7, 11) is 1.61. The minimum absolute atomic E-state index is 0.245. The second kappa shape index (κ2) is 13.2. The van der Waals surface area contributed by atoms with Crippen LogP contribution in [0.2, 0.25) is 0 Å². The van der Waals surface area contributed by atoms with E-state index in [-0.39, 0.29) is 11.0 Å². The van der Waals surface area contributed by atoms with Gasteiger partial charge in [0.15, 0.2) is 16.6 Å². The van der Waals surface area contributed by atoms with Gasteiger partial charge in [-0.3, -0.25) is 10.1 Å². The van der Waals surface area contributed by atoms with Crippen LogP contribution < -0.4 is 24.8 Å². The average molecular weight is 509 g/mol. The van der Waals surface area contributed by atoms with Gasteiger partial charge >= 0.3 is 0 Å². The molecule has 0 aliphatic heterocycles. The van der Waals surface area contributed by atoms with E-state index >= 15 is 0 Å². The fraction of sp³-hybridized carbons (Fsp3) is 0.391. The molecule has 0 aromatic heterocycles. The van der Waals surface area contributed by atoms with Crippen LogP contribution in [0.1, 0.15) is 49.0 Å². The molecule has 0 bridgehead atoms. The Kier molecular flexibility index (Phi) is 10.6. The molecule has 0 saturated carbocycles. The van der Waals surface area contributed by atoms with Crippen LogP contribution in [0.3, 0.4) is 0 Å². The number of ether oxygens (including phenoxy) is 3. The molecule has 0 fully saturated rings. The van der Waals surface area contributed by atoms with Gasteiger partial charge in [0.05, 0.1) is 24.8 Å². The Labute approximate surface area is 197 Å². The summed E-state index contributed by atoms with van der Waals surface area (Å²) in [6.07, 6.45) is 2.97. The lowest BCUT2D eigenvalue weighted by atomic mass is 10.2. The van der Waals surface area contributed by atoms with Crippen molar-refractivity contribution in [1.82, 2.24) is 10.6 Å². The molecule has 0 spiro atoms. The van der Waals surface area contributed by atoms with Crippen molar-refractivity contribution in [2.75, 3.05) is 20.3 Å². The third-order valence-electron chi connectivity index (χ3n) is 4.32. The lowest BCUT2D eigenvalue weighted by Gasteiger charge is -2.14. The summed E-state index contributed by atoms with van der Waals surface area (Å²) in [5, 5.41) is 5.98. The zero-order valence-electron chi connectivity index (χ0n) is 18.1. The molecule has 0 aliphatic carbocycles. The highest BCUT2D eigenvalue weighted by Gasteiger charge is 2.11. The van der Waals surface area contributed by atoms with Gasteiger partial charge in [-0.2, -0.15) is 0 Å². The van der Waals surface area contributed by atoms with Crippen molar-refractivity contribution < 1.29 is 19.0 Å². The number of hydrogen-bond donors (Lipinski definition) is 2. The van der Waals surface area contributed by atoms with Crippen LogP contribution in [0.15, 0.2) is 40.9 Å². The molecule has 2 N–H and O–H groups in total. The zero-order chi connectivity index (χ0) is 22.6. The van der Waals surface area contributed by atoms with Crippen molar-refractivity contribution in [3.05, 3.63) is 52.0 Å². The van der Waals surface area contributed by atoms with E-state index in [1.54, 1.807) is 25.3 Å². The SMILES string of the molecule is CCCCOc1ccc(CNC(=S)NC(=O)c2ccc(OCCC)c(Br)c2)cc1OC. The lowest BCUT2D eigenvalue weighted by molar-refractivity contribution is 0.0976. The van der Waals surface area contributed by atoms with Gasteiger partial charge in [-0.25, -0.2) is 0 Å². The number of carbonyl (C=O) groups is 1. The molecule has 8 heteroatoms. The van der Waals surface area contributed by atoms with E-state index in [9.17, 15) is 4.79 Å². The maximum Gasteiger partial charge on any atom is 0.257 e. The van der Waals surface area contributed by atoms with E-state index < -0.39 is 0 Å². The molecule has 168 valence electrons. The third kappa shape index (κ3) is 8.03. The van der Waals surface area contributed by atoms with E-state index in [2.05, 4.69) is 33.5 Å². The topological polar surface area (TPSA) is 68.8 Å². The van der Waals surface area contributed by atoms with E-state index in [1.165, 1.54) is 0 Å². The smallest absolute Gasteiger partial charge is 0.257 e. The monoisotopic (exact) mass is 508 g/mol. The van der Waals surface area contributed by atoms with Gasteiger partial charge in [0.1, 0.15) is 5.75 Å². The molecule has 6 nitrogen and oxygen atoms in total. The summed E-state index contributed by atoms with van der Waals surface area (Å²) in [6, 6.07) is 10.9. The van der Waals surface area contributed by atoms with Crippen molar-refractivity contribution in [1.29, 1.82) is 0 Å². The Morgan fingerprint density at radius 3 is 2.42 bits per heavy atom. The van der Waals surface area contributed by atoms with Crippen LogP contribution in [-0.4, -0.2) is 31.3 Å². The predicted molar refractivity (Wildman–Crippen MR) is 130 cm³/mol. The number of hydrogen-bond acceptors (Lipinski definition) is 5. The number of carbonyl (C=O) groups excluding carboxylic acids is 1. The number of nitrogens with one attached hydrogen (secondary N) is 2. The maximum absolute atomic E-state index is 12.5. The molecule has 0 radical (unpaired) electrons. The summed E-state index contributed by atoms with van der Waals surface area (Å²) in [5.74, 6) is 1.79. The second-order valence-corrected chi connectivity index (χ2v) is 8.08. The van der Waals surface area contributed by atoms with Crippen molar-refractivity contribution >= 4 is 39.2 Å². The number of methoxy groups -OCH3 is 1. The largest absolute Gasteiger partial charge is 0.493 e. The molecule has 0 atom stereocenters. The van der Waals surface area contributed by atoms with Gasteiger partial charge < -0.3 is 19.5 Å². The summed E-state index contributed by atoms with van der Waals surface area (Å²) in [4.78, 5) is 12.5. The first-order valence-electron chi connectivity index (χ1n) is 10.3. The number of halogens is 1.